The summed E-state index contributed by atoms with van der Waals surface area (Å²) in [5.74, 6) is -0.268. The summed E-state index contributed by atoms with van der Waals surface area (Å²) in [6.45, 7) is 5.15. The van der Waals surface area contributed by atoms with Gasteiger partial charge in [0.25, 0.3) is 0 Å². The van der Waals surface area contributed by atoms with E-state index in [-0.39, 0.29) is 30.3 Å². The predicted octanol–water partition coefficient (Wildman–Crippen LogP) is 6.25. The van der Waals surface area contributed by atoms with E-state index in [0.717, 1.165) is 30.4 Å². The Labute approximate surface area is 238 Å². The molecule has 7 nitrogen and oxygen atoms in total. The van der Waals surface area contributed by atoms with Crippen LogP contribution in [0.5, 0.6) is 0 Å². The van der Waals surface area contributed by atoms with E-state index >= 15 is 0 Å². The SMILES string of the molecule is CCCCCCCCCC(=O)N(CCOC)CC(=O)N(Cc1ccccc1)Cc1coc2ccc(C)cc2c1=O. The molecule has 0 radical (unpaired) electrons. The van der Waals surface area contributed by atoms with E-state index in [1.54, 1.807) is 23.0 Å². The number of carbonyl (C=O) groups is 2. The number of carbonyl (C=O) groups excluding carboxylic acids is 2. The minimum atomic E-state index is -0.225. The van der Waals surface area contributed by atoms with Crippen LogP contribution in [-0.4, -0.2) is 48.4 Å². The lowest BCUT2D eigenvalue weighted by atomic mass is 10.1. The molecule has 0 spiro atoms. The molecule has 3 aromatic rings. The fourth-order valence-corrected chi connectivity index (χ4v) is 4.78. The minimum absolute atomic E-state index is 0.0423. The Kier molecular flexibility index (Phi) is 12.9. The lowest BCUT2D eigenvalue weighted by Gasteiger charge is -2.28. The highest BCUT2D eigenvalue weighted by atomic mass is 16.5. The molecule has 0 aliphatic carbocycles. The van der Waals surface area contributed by atoms with Gasteiger partial charge in [0.1, 0.15) is 5.58 Å². The van der Waals surface area contributed by atoms with Crippen LogP contribution in [0.25, 0.3) is 11.0 Å². The van der Waals surface area contributed by atoms with E-state index in [9.17, 15) is 14.4 Å². The molecule has 216 valence electrons. The number of hydrogen-bond donors (Lipinski definition) is 0. The number of rotatable bonds is 17. The summed E-state index contributed by atoms with van der Waals surface area (Å²) in [5, 5.41) is 0.496. The second-order valence-electron chi connectivity index (χ2n) is 10.5. The first-order valence-corrected chi connectivity index (χ1v) is 14.5. The Morgan fingerprint density at radius 1 is 0.875 bits per heavy atom. The summed E-state index contributed by atoms with van der Waals surface area (Å²) in [6.07, 6.45) is 9.72. The number of amides is 2. The van der Waals surface area contributed by atoms with Crippen LogP contribution >= 0.6 is 0 Å². The molecule has 0 atom stereocenters. The maximum Gasteiger partial charge on any atom is 0.242 e. The molecule has 0 saturated heterocycles. The predicted molar refractivity (Wildman–Crippen MR) is 159 cm³/mol. The van der Waals surface area contributed by atoms with Gasteiger partial charge in [-0.3, -0.25) is 14.4 Å². The molecule has 0 saturated carbocycles. The van der Waals surface area contributed by atoms with Gasteiger partial charge < -0.3 is 19.0 Å². The molecule has 7 heteroatoms. The molecule has 0 unspecified atom stereocenters. The van der Waals surface area contributed by atoms with Gasteiger partial charge >= 0.3 is 0 Å². The van der Waals surface area contributed by atoms with E-state index in [0.29, 0.717) is 42.6 Å². The molecule has 0 aliphatic heterocycles. The number of nitrogens with zero attached hydrogens (tertiary/aromatic N) is 2. The third-order valence-corrected chi connectivity index (χ3v) is 7.17. The van der Waals surface area contributed by atoms with Gasteiger partial charge in [-0.05, 0) is 31.0 Å². The van der Waals surface area contributed by atoms with Gasteiger partial charge in [0.15, 0.2) is 5.43 Å². The molecule has 40 heavy (non-hydrogen) atoms. The molecule has 0 N–H and O–H groups in total. The Balaban J connectivity index is 1.74. The van der Waals surface area contributed by atoms with Crippen LogP contribution in [-0.2, 0) is 27.4 Å². The third-order valence-electron chi connectivity index (χ3n) is 7.17. The normalized spacial score (nSPS) is 11.1. The summed E-state index contributed by atoms with van der Waals surface area (Å²) in [7, 11) is 1.59. The van der Waals surface area contributed by atoms with Crippen molar-refractivity contribution in [2.24, 2.45) is 0 Å². The van der Waals surface area contributed by atoms with Crippen LogP contribution in [0.4, 0.5) is 0 Å². The van der Waals surface area contributed by atoms with Crippen LogP contribution in [0.2, 0.25) is 0 Å². The number of ether oxygens (including phenoxy) is 1. The molecule has 0 aliphatic rings. The summed E-state index contributed by atoms with van der Waals surface area (Å²) in [6, 6.07) is 15.1. The zero-order chi connectivity index (χ0) is 28.7. The van der Waals surface area contributed by atoms with Crippen molar-refractivity contribution in [3.63, 3.8) is 0 Å². The number of hydrogen-bond acceptors (Lipinski definition) is 5. The number of benzene rings is 2. The highest BCUT2D eigenvalue weighted by Crippen LogP contribution is 2.16. The van der Waals surface area contributed by atoms with Gasteiger partial charge in [-0.25, -0.2) is 0 Å². The Morgan fingerprint density at radius 2 is 1.60 bits per heavy atom. The molecule has 3 rings (SSSR count). The molecular weight excluding hydrogens is 504 g/mol. The maximum absolute atomic E-state index is 13.7. The van der Waals surface area contributed by atoms with Gasteiger partial charge in [-0.2, -0.15) is 0 Å². The van der Waals surface area contributed by atoms with Crippen molar-refractivity contribution in [3.8, 4) is 0 Å². The zero-order valence-electron chi connectivity index (χ0n) is 24.3. The Morgan fingerprint density at radius 3 is 2.33 bits per heavy atom. The molecule has 1 aromatic heterocycles. The minimum Gasteiger partial charge on any atom is -0.464 e. The van der Waals surface area contributed by atoms with Crippen molar-refractivity contribution in [2.45, 2.75) is 78.3 Å². The van der Waals surface area contributed by atoms with Gasteiger partial charge in [-0.1, -0.05) is 87.4 Å². The topological polar surface area (TPSA) is 80.1 Å². The van der Waals surface area contributed by atoms with Gasteiger partial charge in [0.05, 0.1) is 36.9 Å². The fourth-order valence-electron chi connectivity index (χ4n) is 4.78. The highest BCUT2D eigenvalue weighted by molar-refractivity contribution is 5.85. The first-order valence-electron chi connectivity index (χ1n) is 14.5. The lowest BCUT2D eigenvalue weighted by molar-refractivity contribution is -0.141. The van der Waals surface area contributed by atoms with E-state index in [1.807, 2.05) is 49.4 Å². The van der Waals surface area contributed by atoms with Crippen LogP contribution in [0.15, 0.2) is 64.0 Å². The summed E-state index contributed by atoms with van der Waals surface area (Å²) in [5.41, 5.74) is 2.67. The first kappa shape index (κ1) is 31.1. The summed E-state index contributed by atoms with van der Waals surface area (Å²) < 4.78 is 11.0. The monoisotopic (exact) mass is 548 g/mol. The Bertz CT molecular complexity index is 1270. The standard InChI is InChI=1S/C33H44N2O5/c1-4-5-6-7-8-9-13-16-31(36)34(19-20-39-3)24-32(37)35(22-27-14-11-10-12-15-27)23-28-25-40-30-18-17-26(2)21-29(30)33(28)38/h10-12,14-15,17-18,21,25H,4-9,13,16,19-20,22-24H2,1-3H3. The Hall–Kier alpha value is -3.45. The number of fused-ring (bicyclic) bond motifs is 1. The van der Waals surface area contributed by atoms with Gasteiger partial charge in [0, 0.05) is 26.6 Å². The van der Waals surface area contributed by atoms with Crippen molar-refractivity contribution < 1.29 is 18.7 Å². The van der Waals surface area contributed by atoms with Gasteiger partial charge in [0.2, 0.25) is 11.8 Å². The van der Waals surface area contributed by atoms with Gasteiger partial charge in [-0.15, -0.1) is 0 Å². The molecule has 0 fully saturated rings. The second kappa shape index (κ2) is 16.6. The third kappa shape index (κ3) is 9.63. The van der Waals surface area contributed by atoms with Crippen molar-refractivity contribution in [2.75, 3.05) is 26.8 Å². The van der Waals surface area contributed by atoms with E-state index < -0.39 is 0 Å². The summed E-state index contributed by atoms with van der Waals surface area (Å²) in [4.78, 5) is 43.4. The quantitative estimate of drug-likeness (QED) is 0.186. The molecule has 2 amide bonds. The summed E-state index contributed by atoms with van der Waals surface area (Å²) >= 11 is 0. The van der Waals surface area contributed by atoms with Crippen LogP contribution in [0, 0.1) is 6.92 Å². The largest absolute Gasteiger partial charge is 0.464 e. The van der Waals surface area contributed by atoms with Crippen LogP contribution in [0.3, 0.4) is 0 Å². The van der Waals surface area contributed by atoms with E-state index in [4.69, 9.17) is 9.15 Å². The van der Waals surface area contributed by atoms with Crippen LogP contribution < -0.4 is 5.43 Å². The molecule has 2 aromatic carbocycles. The molecular formula is C33H44N2O5. The van der Waals surface area contributed by atoms with E-state index in [2.05, 4.69) is 6.92 Å². The van der Waals surface area contributed by atoms with Crippen molar-refractivity contribution >= 4 is 22.8 Å². The van der Waals surface area contributed by atoms with E-state index in [1.165, 1.54) is 31.9 Å². The first-order chi connectivity index (χ1) is 19.4. The van der Waals surface area contributed by atoms with Crippen LogP contribution in [0.1, 0.15) is 75.0 Å². The highest BCUT2D eigenvalue weighted by Gasteiger charge is 2.23. The molecule has 0 bridgehead atoms. The van der Waals surface area contributed by atoms with Crippen molar-refractivity contribution in [1.29, 1.82) is 0 Å². The smallest absolute Gasteiger partial charge is 0.242 e. The zero-order valence-corrected chi connectivity index (χ0v) is 24.3. The lowest BCUT2D eigenvalue weighted by Crippen LogP contribution is -2.44. The second-order valence-corrected chi connectivity index (χ2v) is 10.5. The molecule has 1 heterocycles. The average molecular weight is 549 g/mol. The number of unbranched alkanes of at least 4 members (excludes halogenated alkanes) is 6. The fraction of sp³-hybridized carbons (Fsp3) is 0.485. The maximum atomic E-state index is 13.7. The average Bonchev–Trinajstić information content (AvgIpc) is 2.96. The number of aryl methyl sites for hydroxylation is 1. The van der Waals surface area contributed by atoms with Crippen molar-refractivity contribution in [3.05, 3.63) is 81.7 Å². The number of methoxy groups -OCH3 is 1. The van der Waals surface area contributed by atoms with Crippen molar-refractivity contribution in [1.82, 2.24) is 9.80 Å².